The molecule has 0 aliphatic carbocycles. The Labute approximate surface area is 130 Å². The fourth-order valence-electron chi connectivity index (χ4n) is 1.93. The Balaban J connectivity index is 1.64. The molecule has 0 bridgehead atoms. The minimum Gasteiger partial charge on any atom is -0.493 e. The maximum Gasteiger partial charge on any atom is 0.223 e. The first-order chi connectivity index (χ1) is 10.6. The summed E-state index contributed by atoms with van der Waals surface area (Å²) in [5.41, 5.74) is 2.41. The van der Waals surface area contributed by atoms with E-state index in [2.05, 4.69) is 22.2 Å². The molecule has 0 radical (unpaired) electrons. The second kappa shape index (κ2) is 8.12. The minimum atomic E-state index is -0.0280. The molecule has 5 heteroatoms. The summed E-state index contributed by atoms with van der Waals surface area (Å²) in [6.07, 6.45) is 4.36. The van der Waals surface area contributed by atoms with Crippen molar-refractivity contribution < 1.29 is 9.53 Å². The SMILES string of the molecule is Cc1ccc(OCCC(=O)NCCc2ncccn2)cc1C. The van der Waals surface area contributed by atoms with Gasteiger partial charge >= 0.3 is 0 Å². The van der Waals surface area contributed by atoms with Crippen LogP contribution in [0.15, 0.2) is 36.7 Å². The Bertz CT molecular complexity index is 615. The highest BCUT2D eigenvalue weighted by Gasteiger charge is 2.03. The lowest BCUT2D eigenvalue weighted by atomic mass is 10.1. The largest absolute Gasteiger partial charge is 0.493 e. The van der Waals surface area contributed by atoms with Crippen LogP contribution in [0.2, 0.25) is 0 Å². The third-order valence-corrected chi connectivity index (χ3v) is 3.37. The molecule has 22 heavy (non-hydrogen) atoms. The number of hydrogen-bond donors (Lipinski definition) is 1. The lowest BCUT2D eigenvalue weighted by molar-refractivity contribution is -0.121. The van der Waals surface area contributed by atoms with E-state index < -0.39 is 0 Å². The first-order valence-corrected chi connectivity index (χ1v) is 7.38. The molecule has 1 aromatic heterocycles. The van der Waals surface area contributed by atoms with E-state index in [-0.39, 0.29) is 5.91 Å². The number of ether oxygens (including phenoxy) is 1. The molecule has 0 atom stereocenters. The van der Waals surface area contributed by atoms with Crippen molar-refractivity contribution in [2.45, 2.75) is 26.7 Å². The van der Waals surface area contributed by atoms with Crippen molar-refractivity contribution in [3.05, 3.63) is 53.6 Å². The number of aromatic nitrogens is 2. The molecular weight excluding hydrogens is 278 g/mol. The average Bonchev–Trinajstić information content (AvgIpc) is 2.52. The van der Waals surface area contributed by atoms with E-state index in [9.17, 15) is 4.79 Å². The summed E-state index contributed by atoms with van der Waals surface area (Å²) in [7, 11) is 0. The van der Waals surface area contributed by atoms with Gasteiger partial charge in [-0.15, -0.1) is 0 Å². The van der Waals surface area contributed by atoms with Crippen molar-refractivity contribution in [3.63, 3.8) is 0 Å². The molecule has 1 amide bonds. The van der Waals surface area contributed by atoms with E-state index in [1.54, 1.807) is 18.5 Å². The topological polar surface area (TPSA) is 64.1 Å². The third kappa shape index (κ3) is 5.16. The summed E-state index contributed by atoms with van der Waals surface area (Å²) in [6.45, 7) is 5.01. The Morgan fingerprint density at radius 2 is 1.95 bits per heavy atom. The molecule has 2 rings (SSSR count). The van der Waals surface area contributed by atoms with Gasteiger partial charge in [-0.25, -0.2) is 9.97 Å². The molecule has 0 saturated heterocycles. The van der Waals surface area contributed by atoms with E-state index in [0.717, 1.165) is 11.6 Å². The van der Waals surface area contributed by atoms with E-state index in [0.29, 0.717) is 26.0 Å². The van der Waals surface area contributed by atoms with Gasteiger partial charge < -0.3 is 10.1 Å². The Morgan fingerprint density at radius 3 is 2.68 bits per heavy atom. The highest BCUT2D eigenvalue weighted by Crippen LogP contribution is 2.16. The van der Waals surface area contributed by atoms with Crippen LogP contribution in [0.4, 0.5) is 0 Å². The molecule has 0 spiro atoms. The molecule has 0 aliphatic rings. The van der Waals surface area contributed by atoms with Gasteiger partial charge in [0.1, 0.15) is 11.6 Å². The summed E-state index contributed by atoms with van der Waals surface area (Å²) in [5, 5.41) is 2.84. The summed E-state index contributed by atoms with van der Waals surface area (Å²) in [4.78, 5) is 19.9. The van der Waals surface area contributed by atoms with Crippen LogP contribution in [0.3, 0.4) is 0 Å². The van der Waals surface area contributed by atoms with E-state index in [1.807, 2.05) is 25.1 Å². The standard InChI is InChI=1S/C17H21N3O2/c1-13-4-5-15(12-14(13)2)22-11-7-17(21)20-10-6-16-18-8-3-9-19-16/h3-5,8-9,12H,6-7,10-11H2,1-2H3,(H,20,21). The predicted molar refractivity (Wildman–Crippen MR) is 84.8 cm³/mol. The molecule has 0 unspecified atom stereocenters. The van der Waals surface area contributed by atoms with Crippen LogP contribution in [0.5, 0.6) is 5.75 Å². The first kappa shape index (κ1) is 15.9. The summed E-state index contributed by atoms with van der Waals surface area (Å²) in [6, 6.07) is 7.70. The second-order valence-electron chi connectivity index (χ2n) is 5.11. The van der Waals surface area contributed by atoms with Gasteiger partial charge in [0.15, 0.2) is 0 Å². The molecule has 1 heterocycles. The van der Waals surface area contributed by atoms with Gasteiger partial charge in [-0.05, 0) is 43.2 Å². The van der Waals surface area contributed by atoms with Crippen molar-refractivity contribution in [1.82, 2.24) is 15.3 Å². The molecule has 116 valence electrons. The maximum absolute atomic E-state index is 11.7. The lowest BCUT2D eigenvalue weighted by Gasteiger charge is -2.08. The van der Waals surface area contributed by atoms with Gasteiger partial charge in [-0.3, -0.25) is 4.79 Å². The number of hydrogen-bond acceptors (Lipinski definition) is 4. The highest BCUT2D eigenvalue weighted by atomic mass is 16.5. The lowest BCUT2D eigenvalue weighted by Crippen LogP contribution is -2.27. The number of aryl methyl sites for hydroxylation is 2. The molecule has 0 aliphatic heterocycles. The highest BCUT2D eigenvalue weighted by molar-refractivity contribution is 5.75. The minimum absolute atomic E-state index is 0.0280. The van der Waals surface area contributed by atoms with Gasteiger partial charge in [0.05, 0.1) is 13.0 Å². The Hall–Kier alpha value is -2.43. The zero-order valence-corrected chi connectivity index (χ0v) is 13.0. The van der Waals surface area contributed by atoms with E-state index in [4.69, 9.17) is 4.74 Å². The number of benzene rings is 1. The van der Waals surface area contributed by atoms with Crippen molar-refractivity contribution in [2.75, 3.05) is 13.2 Å². The van der Waals surface area contributed by atoms with Crippen LogP contribution in [-0.4, -0.2) is 29.0 Å². The fourth-order valence-corrected chi connectivity index (χ4v) is 1.93. The van der Waals surface area contributed by atoms with Crippen molar-refractivity contribution in [2.24, 2.45) is 0 Å². The van der Waals surface area contributed by atoms with E-state index in [1.165, 1.54) is 11.1 Å². The quantitative estimate of drug-likeness (QED) is 0.851. The third-order valence-electron chi connectivity index (χ3n) is 3.37. The molecule has 2 aromatic rings. The van der Waals surface area contributed by atoms with Gasteiger partial charge in [0, 0.05) is 25.4 Å². The second-order valence-corrected chi connectivity index (χ2v) is 5.11. The monoisotopic (exact) mass is 299 g/mol. The molecule has 1 N–H and O–H groups in total. The molecule has 0 fully saturated rings. The van der Waals surface area contributed by atoms with Gasteiger partial charge in [-0.1, -0.05) is 6.07 Å². The first-order valence-electron chi connectivity index (χ1n) is 7.38. The average molecular weight is 299 g/mol. The number of rotatable bonds is 7. The van der Waals surface area contributed by atoms with Gasteiger partial charge in [0.25, 0.3) is 0 Å². The summed E-state index contributed by atoms with van der Waals surface area (Å²) >= 11 is 0. The van der Waals surface area contributed by atoms with Crippen molar-refractivity contribution in [1.29, 1.82) is 0 Å². The molecule has 5 nitrogen and oxygen atoms in total. The van der Waals surface area contributed by atoms with Crippen LogP contribution in [0.25, 0.3) is 0 Å². The number of amides is 1. The Morgan fingerprint density at radius 1 is 1.18 bits per heavy atom. The number of carbonyl (C=O) groups is 1. The normalized spacial score (nSPS) is 10.3. The van der Waals surface area contributed by atoms with Gasteiger partial charge in [0.2, 0.25) is 5.91 Å². The van der Waals surface area contributed by atoms with Crippen LogP contribution in [-0.2, 0) is 11.2 Å². The molecular formula is C17H21N3O2. The smallest absolute Gasteiger partial charge is 0.223 e. The van der Waals surface area contributed by atoms with Crippen LogP contribution >= 0.6 is 0 Å². The van der Waals surface area contributed by atoms with Crippen molar-refractivity contribution in [3.8, 4) is 5.75 Å². The summed E-state index contributed by atoms with van der Waals surface area (Å²) in [5.74, 6) is 1.50. The molecule has 1 aromatic carbocycles. The maximum atomic E-state index is 11.7. The number of nitrogens with zero attached hydrogens (tertiary/aromatic N) is 2. The van der Waals surface area contributed by atoms with Gasteiger partial charge in [-0.2, -0.15) is 0 Å². The van der Waals surface area contributed by atoms with Crippen molar-refractivity contribution >= 4 is 5.91 Å². The Kier molecular flexibility index (Phi) is 5.89. The predicted octanol–water partition coefficient (Wildman–Crippen LogP) is 2.22. The zero-order chi connectivity index (χ0) is 15.8. The van der Waals surface area contributed by atoms with E-state index >= 15 is 0 Å². The van der Waals surface area contributed by atoms with Crippen LogP contribution in [0.1, 0.15) is 23.4 Å². The number of carbonyl (C=O) groups excluding carboxylic acids is 1. The molecule has 0 saturated carbocycles. The zero-order valence-electron chi connectivity index (χ0n) is 13.0. The fraction of sp³-hybridized carbons (Fsp3) is 0.353. The summed E-state index contributed by atoms with van der Waals surface area (Å²) < 4.78 is 5.59. The number of nitrogens with one attached hydrogen (secondary N) is 1. The van der Waals surface area contributed by atoms with Crippen LogP contribution < -0.4 is 10.1 Å². The van der Waals surface area contributed by atoms with Crippen LogP contribution in [0, 0.1) is 13.8 Å².